The molecule has 0 aliphatic rings. The van der Waals surface area contributed by atoms with E-state index in [1.807, 2.05) is 24.3 Å². The van der Waals surface area contributed by atoms with E-state index in [4.69, 9.17) is 5.26 Å². The molecular formula is C19H12IN. The van der Waals surface area contributed by atoms with Gasteiger partial charge in [0.25, 0.3) is 0 Å². The fourth-order valence-electron chi connectivity index (χ4n) is 2.23. The minimum atomic E-state index is 0.689. The van der Waals surface area contributed by atoms with Gasteiger partial charge in [-0.2, -0.15) is 5.26 Å². The summed E-state index contributed by atoms with van der Waals surface area (Å²) in [6.45, 7) is 0. The van der Waals surface area contributed by atoms with Crippen molar-refractivity contribution in [1.29, 1.82) is 5.26 Å². The maximum atomic E-state index is 8.83. The van der Waals surface area contributed by atoms with Crippen LogP contribution >= 0.6 is 22.6 Å². The summed E-state index contributed by atoms with van der Waals surface area (Å²) in [5, 5.41) is 8.83. The smallest absolute Gasteiger partial charge is 0.0991 e. The maximum Gasteiger partial charge on any atom is 0.0991 e. The van der Waals surface area contributed by atoms with Crippen LogP contribution in [-0.2, 0) is 0 Å². The van der Waals surface area contributed by atoms with Gasteiger partial charge in [-0.15, -0.1) is 0 Å². The topological polar surface area (TPSA) is 23.8 Å². The van der Waals surface area contributed by atoms with Gasteiger partial charge >= 0.3 is 0 Å². The van der Waals surface area contributed by atoms with Crippen molar-refractivity contribution in [3.8, 4) is 28.3 Å². The molecule has 0 fully saturated rings. The van der Waals surface area contributed by atoms with Gasteiger partial charge in [0.1, 0.15) is 0 Å². The van der Waals surface area contributed by atoms with E-state index in [-0.39, 0.29) is 0 Å². The van der Waals surface area contributed by atoms with Crippen molar-refractivity contribution in [2.75, 3.05) is 0 Å². The van der Waals surface area contributed by atoms with Gasteiger partial charge in [-0.1, -0.05) is 48.5 Å². The first-order chi connectivity index (χ1) is 10.3. The minimum Gasteiger partial charge on any atom is -0.192 e. The number of benzene rings is 3. The molecule has 0 bridgehead atoms. The third-order valence-electron chi connectivity index (χ3n) is 3.41. The van der Waals surface area contributed by atoms with E-state index < -0.39 is 0 Å². The van der Waals surface area contributed by atoms with Crippen molar-refractivity contribution < 1.29 is 0 Å². The Bertz CT molecular complexity index is 779. The summed E-state index contributed by atoms with van der Waals surface area (Å²) >= 11 is 2.31. The van der Waals surface area contributed by atoms with Crippen LogP contribution in [0.3, 0.4) is 0 Å². The van der Waals surface area contributed by atoms with Crippen LogP contribution < -0.4 is 0 Å². The van der Waals surface area contributed by atoms with Crippen LogP contribution in [0, 0.1) is 14.9 Å². The molecule has 0 saturated heterocycles. The average Bonchev–Trinajstić information content (AvgIpc) is 2.56. The van der Waals surface area contributed by atoms with Crippen LogP contribution in [0.2, 0.25) is 0 Å². The first-order valence-corrected chi connectivity index (χ1v) is 7.71. The predicted molar refractivity (Wildman–Crippen MR) is 94.7 cm³/mol. The zero-order valence-corrected chi connectivity index (χ0v) is 13.4. The summed E-state index contributed by atoms with van der Waals surface area (Å²) in [5.41, 5.74) is 5.41. The van der Waals surface area contributed by atoms with E-state index in [2.05, 4.69) is 77.2 Å². The monoisotopic (exact) mass is 381 g/mol. The Labute approximate surface area is 138 Å². The second-order valence-electron chi connectivity index (χ2n) is 4.77. The molecule has 0 N–H and O–H groups in total. The highest BCUT2D eigenvalue weighted by Gasteiger charge is 2.01. The van der Waals surface area contributed by atoms with Crippen molar-refractivity contribution in [2.45, 2.75) is 0 Å². The number of nitriles is 1. The lowest BCUT2D eigenvalue weighted by atomic mass is 10.00. The Morgan fingerprint density at radius 3 is 1.29 bits per heavy atom. The highest BCUT2D eigenvalue weighted by Crippen LogP contribution is 2.25. The van der Waals surface area contributed by atoms with Crippen LogP contribution in [0.25, 0.3) is 22.3 Å². The van der Waals surface area contributed by atoms with E-state index in [0.29, 0.717) is 5.56 Å². The van der Waals surface area contributed by atoms with Crippen LogP contribution in [0.5, 0.6) is 0 Å². The largest absolute Gasteiger partial charge is 0.192 e. The standard InChI is InChI=1S/C19H12IN/c20-19-11-9-18(10-12-19)17-7-5-16(6-8-17)15-3-1-14(13-21)2-4-15/h1-12H. The molecule has 2 heteroatoms. The molecule has 0 heterocycles. The Balaban J connectivity index is 1.89. The van der Waals surface area contributed by atoms with Gasteiger partial charge in [0.05, 0.1) is 11.6 Å². The van der Waals surface area contributed by atoms with Gasteiger partial charge in [0.2, 0.25) is 0 Å². The highest BCUT2D eigenvalue weighted by atomic mass is 127. The zero-order chi connectivity index (χ0) is 14.7. The average molecular weight is 381 g/mol. The molecule has 3 aromatic rings. The lowest BCUT2D eigenvalue weighted by molar-refractivity contribution is 1.48. The molecule has 3 aromatic carbocycles. The fourth-order valence-corrected chi connectivity index (χ4v) is 2.59. The molecule has 0 aliphatic carbocycles. The second kappa shape index (κ2) is 6.11. The quantitative estimate of drug-likeness (QED) is 0.538. The summed E-state index contributed by atoms with van der Waals surface area (Å²) in [7, 11) is 0. The molecule has 0 saturated carbocycles. The van der Waals surface area contributed by atoms with E-state index in [1.54, 1.807) is 0 Å². The van der Waals surface area contributed by atoms with Crippen LogP contribution in [-0.4, -0.2) is 0 Å². The van der Waals surface area contributed by atoms with Crippen molar-refractivity contribution in [3.05, 3.63) is 81.9 Å². The predicted octanol–water partition coefficient (Wildman–Crippen LogP) is 5.50. The maximum absolute atomic E-state index is 8.83. The molecule has 21 heavy (non-hydrogen) atoms. The van der Waals surface area contributed by atoms with E-state index in [1.165, 1.54) is 14.7 Å². The van der Waals surface area contributed by atoms with Crippen LogP contribution in [0.4, 0.5) is 0 Å². The van der Waals surface area contributed by atoms with Crippen molar-refractivity contribution >= 4 is 22.6 Å². The number of nitrogens with zero attached hydrogens (tertiary/aromatic N) is 1. The molecular weight excluding hydrogens is 369 g/mol. The first kappa shape index (κ1) is 13.8. The number of hydrogen-bond donors (Lipinski definition) is 0. The van der Waals surface area contributed by atoms with Crippen LogP contribution in [0.1, 0.15) is 5.56 Å². The van der Waals surface area contributed by atoms with Gasteiger partial charge in [0.15, 0.2) is 0 Å². The minimum absolute atomic E-state index is 0.689. The highest BCUT2D eigenvalue weighted by molar-refractivity contribution is 14.1. The third kappa shape index (κ3) is 3.14. The van der Waals surface area contributed by atoms with Crippen molar-refractivity contribution in [2.24, 2.45) is 0 Å². The lowest BCUT2D eigenvalue weighted by Crippen LogP contribution is -1.81. The molecule has 3 rings (SSSR count). The summed E-state index contributed by atoms with van der Waals surface area (Å²) in [4.78, 5) is 0. The molecule has 0 atom stereocenters. The Hall–Kier alpha value is -2.12. The second-order valence-corrected chi connectivity index (χ2v) is 6.02. The van der Waals surface area contributed by atoms with Gasteiger partial charge in [-0.25, -0.2) is 0 Å². The summed E-state index contributed by atoms with van der Waals surface area (Å²) < 4.78 is 1.24. The van der Waals surface area contributed by atoms with Gasteiger partial charge < -0.3 is 0 Å². The van der Waals surface area contributed by atoms with E-state index >= 15 is 0 Å². The molecule has 0 radical (unpaired) electrons. The Morgan fingerprint density at radius 2 is 0.905 bits per heavy atom. The van der Waals surface area contributed by atoms with Crippen molar-refractivity contribution in [3.63, 3.8) is 0 Å². The summed E-state index contributed by atoms with van der Waals surface area (Å²) in [6.07, 6.45) is 0. The van der Waals surface area contributed by atoms with E-state index in [9.17, 15) is 0 Å². The molecule has 0 amide bonds. The van der Waals surface area contributed by atoms with Gasteiger partial charge in [-0.3, -0.25) is 0 Å². The molecule has 0 unspecified atom stereocenters. The van der Waals surface area contributed by atoms with E-state index in [0.717, 1.165) is 11.1 Å². The molecule has 0 aliphatic heterocycles. The zero-order valence-electron chi connectivity index (χ0n) is 11.3. The van der Waals surface area contributed by atoms with Gasteiger partial charge in [0, 0.05) is 3.57 Å². The lowest BCUT2D eigenvalue weighted by Gasteiger charge is -2.05. The number of hydrogen-bond acceptors (Lipinski definition) is 1. The number of halogens is 1. The SMILES string of the molecule is N#Cc1ccc(-c2ccc(-c3ccc(I)cc3)cc2)cc1. The normalized spacial score (nSPS) is 10.1. The molecule has 0 spiro atoms. The summed E-state index contributed by atoms with van der Waals surface area (Å²) in [5.74, 6) is 0. The fraction of sp³-hybridized carbons (Fsp3) is 0. The van der Waals surface area contributed by atoms with Crippen molar-refractivity contribution in [1.82, 2.24) is 0 Å². The Kier molecular flexibility index (Phi) is 4.03. The molecule has 0 aromatic heterocycles. The Morgan fingerprint density at radius 1 is 0.571 bits per heavy atom. The first-order valence-electron chi connectivity index (χ1n) is 6.63. The molecule has 1 nitrogen and oxygen atoms in total. The summed E-state index contributed by atoms with van der Waals surface area (Å²) in [6, 6.07) is 26.8. The third-order valence-corrected chi connectivity index (χ3v) is 4.13. The number of rotatable bonds is 2. The van der Waals surface area contributed by atoms with Gasteiger partial charge in [-0.05, 0) is 69.1 Å². The molecule has 100 valence electrons. The van der Waals surface area contributed by atoms with Crippen LogP contribution in [0.15, 0.2) is 72.8 Å².